The normalized spacial score (nSPS) is 24.0. The van der Waals surface area contributed by atoms with Gasteiger partial charge in [-0.3, -0.25) is 4.98 Å². The third-order valence-corrected chi connectivity index (χ3v) is 7.12. The Morgan fingerprint density at radius 3 is 2.97 bits per heavy atom. The number of pyridine rings is 1. The zero-order valence-electron chi connectivity index (χ0n) is 17.0. The highest BCUT2D eigenvalue weighted by atomic mass is 79.9. The lowest BCUT2D eigenvalue weighted by Crippen LogP contribution is -2.43. The Morgan fingerprint density at radius 2 is 2.23 bits per heavy atom. The first-order chi connectivity index (χ1) is 14.4. The van der Waals surface area contributed by atoms with E-state index >= 15 is 0 Å². The Morgan fingerprint density at radius 1 is 1.40 bits per heavy atom. The van der Waals surface area contributed by atoms with Crippen LogP contribution in [0.15, 0.2) is 41.3 Å². The van der Waals surface area contributed by atoms with Crippen LogP contribution in [-0.2, 0) is 16.1 Å². The molecule has 9 heteroatoms. The molecule has 2 fully saturated rings. The van der Waals surface area contributed by atoms with E-state index in [9.17, 15) is 4.79 Å². The largest absolute Gasteiger partial charge is 0.467 e. The number of fused-ring (bicyclic) bond motifs is 2. The average Bonchev–Trinajstić information content (AvgIpc) is 3.11. The summed E-state index contributed by atoms with van der Waals surface area (Å²) in [4.78, 5) is 23.7. The maximum absolute atomic E-state index is 12.7. The molecular weight excluding hydrogens is 448 g/mol. The molecule has 1 aliphatic carbocycles. The van der Waals surface area contributed by atoms with Crippen LogP contribution in [0.1, 0.15) is 19.4 Å². The molecule has 0 radical (unpaired) electrons. The molecule has 1 N–H and O–H groups in total. The van der Waals surface area contributed by atoms with E-state index in [0.717, 1.165) is 28.2 Å². The molecule has 5 rings (SSSR count). The first kappa shape index (κ1) is 19.3. The average molecular weight is 471 g/mol. The number of methoxy groups -OCH3 is 1. The maximum Gasteiger partial charge on any atom is 0.328 e. The Labute approximate surface area is 182 Å². The number of ether oxygens (including phenoxy) is 1. The fourth-order valence-electron chi connectivity index (χ4n) is 4.80. The van der Waals surface area contributed by atoms with E-state index in [0.29, 0.717) is 18.1 Å². The first-order valence-electron chi connectivity index (χ1n) is 9.93. The molecule has 1 saturated heterocycles. The van der Waals surface area contributed by atoms with Gasteiger partial charge in [0, 0.05) is 37.5 Å². The standard InChI is InChI=1S/C21H23BrN6O2/c1-21(2)13-11-27(18(17(13)21)20(29)30-3)16-7-15(24-9-12-5-4-6-23-8-12)28-19(26-16)14(22)10-25-28/h4-8,10,13,17-18,24H,9,11H2,1-3H3. The van der Waals surface area contributed by atoms with Crippen LogP contribution >= 0.6 is 15.9 Å². The molecule has 4 heterocycles. The summed E-state index contributed by atoms with van der Waals surface area (Å²) in [5.41, 5.74) is 1.91. The molecule has 2 aliphatic rings. The fourth-order valence-corrected chi connectivity index (χ4v) is 5.15. The number of esters is 1. The van der Waals surface area contributed by atoms with Gasteiger partial charge in [0.25, 0.3) is 0 Å². The summed E-state index contributed by atoms with van der Waals surface area (Å²) in [7, 11) is 1.45. The van der Waals surface area contributed by atoms with Gasteiger partial charge < -0.3 is 15.0 Å². The molecule has 0 spiro atoms. The SMILES string of the molecule is COC(=O)C1C2C(CN1c1cc(NCc3cccnc3)n3ncc(Br)c3n1)C2(C)C. The van der Waals surface area contributed by atoms with E-state index in [1.54, 1.807) is 16.9 Å². The minimum absolute atomic E-state index is 0.151. The predicted molar refractivity (Wildman–Crippen MR) is 116 cm³/mol. The zero-order valence-corrected chi connectivity index (χ0v) is 18.6. The van der Waals surface area contributed by atoms with Crippen molar-refractivity contribution in [1.29, 1.82) is 0 Å². The van der Waals surface area contributed by atoms with Crippen LogP contribution < -0.4 is 10.2 Å². The molecule has 156 valence electrons. The van der Waals surface area contributed by atoms with Crippen LogP contribution in [0.3, 0.4) is 0 Å². The number of halogens is 1. The maximum atomic E-state index is 12.7. The third kappa shape index (κ3) is 2.94. The summed E-state index contributed by atoms with van der Waals surface area (Å²) in [6, 6.07) is 5.56. The molecular formula is C21H23BrN6O2. The second kappa shape index (κ2) is 6.94. The van der Waals surface area contributed by atoms with E-state index in [-0.39, 0.29) is 23.3 Å². The quantitative estimate of drug-likeness (QED) is 0.573. The highest BCUT2D eigenvalue weighted by Crippen LogP contribution is 2.65. The molecule has 0 amide bonds. The Bertz CT molecular complexity index is 1120. The predicted octanol–water partition coefficient (Wildman–Crippen LogP) is 3.13. The summed E-state index contributed by atoms with van der Waals surface area (Å²) in [6.07, 6.45) is 5.31. The molecule has 3 atom stereocenters. The van der Waals surface area contributed by atoms with Gasteiger partial charge in [-0.15, -0.1) is 0 Å². The summed E-state index contributed by atoms with van der Waals surface area (Å²) >= 11 is 3.54. The fraction of sp³-hybridized carbons (Fsp3) is 0.429. The van der Waals surface area contributed by atoms with Gasteiger partial charge in [0.15, 0.2) is 5.65 Å². The van der Waals surface area contributed by atoms with Crippen molar-refractivity contribution in [3.05, 3.63) is 46.8 Å². The van der Waals surface area contributed by atoms with Crippen LogP contribution in [0.25, 0.3) is 5.65 Å². The number of nitrogens with one attached hydrogen (secondary N) is 1. The van der Waals surface area contributed by atoms with Crippen molar-refractivity contribution >= 4 is 39.2 Å². The number of nitrogens with zero attached hydrogens (tertiary/aromatic N) is 5. The second-order valence-electron chi connectivity index (χ2n) is 8.52. The van der Waals surface area contributed by atoms with Crippen LogP contribution in [0.2, 0.25) is 0 Å². The van der Waals surface area contributed by atoms with Gasteiger partial charge in [-0.2, -0.15) is 9.61 Å². The van der Waals surface area contributed by atoms with Crippen LogP contribution in [0.4, 0.5) is 11.6 Å². The lowest BCUT2D eigenvalue weighted by Gasteiger charge is -2.30. The molecule has 0 aromatic carbocycles. The van der Waals surface area contributed by atoms with Gasteiger partial charge in [0.05, 0.1) is 17.8 Å². The van der Waals surface area contributed by atoms with E-state index < -0.39 is 0 Å². The van der Waals surface area contributed by atoms with E-state index in [1.807, 2.05) is 24.4 Å². The summed E-state index contributed by atoms with van der Waals surface area (Å²) in [6.45, 7) is 5.83. The van der Waals surface area contributed by atoms with Crippen LogP contribution in [0, 0.1) is 17.3 Å². The number of piperidine rings is 1. The lowest BCUT2D eigenvalue weighted by molar-refractivity contribution is -0.142. The smallest absolute Gasteiger partial charge is 0.328 e. The number of anilines is 2. The van der Waals surface area contributed by atoms with Crippen molar-refractivity contribution in [2.75, 3.05) is 23.9 Å². The van der Waals surface area contributed by atoms with Crippen LogP contribution in [0.5, 0.6) is 0 Å². The molecule has 0 bridgehead atoms. The van der Waals surface area contributed by atoms with Crippen molar-refractivity contribution < 1.29 is 9.53 Å². The molecule has 8 nitrogen and oxygen atoms in total. The molecule has 3 aromatic heterocycles. The summed E-state index contributed by atoms with van der Waals surface area (Å²) in [5.74, 6) is 2.08. The van der Waals surface area contributed by atoms with Crippen molar-refractivity contribution in [2.24, 2.45) is 17.3 Å². The molecule has 30 heavy (non-hydrogen) atoms. The van der Waals surface area contributed by atoms with Gasteiger partial charge in [-0.1, -0.05) is 19.9 Å². The highest BCUT2D eigenvalue weighted by molar-refractivity contribution is 9.10. The minimum atomic E-state index is -0.321. The molecule has 3 aromatic rings. The number of carbonyl (C=O) groups is 1. The number of rotatable bonds is 5. The van der Waals surface area contributed by atoms with Crippen molar-refractivity contribution in [2.45, 2.75) is 26.4 Å². The van der Waals surface area contributed by atoms with Gasteiger partial charge in [0.1, 0.15) is 17.7 Å². The second-order valence-corrected chi connectivity index (χ2v) is 9.37. The third-order valence-electron chi connectivity index (χ3n) is 6.56. The van der Waals surface area contributed by atoms with Gasteiger partial charge in [-0.05, 0) is 38.9 Å². The number of aromatic nitrogens is 4. The Hall–Kier alpha value is -2.68. The monoisotopic (exact) mass is 470 g/mol. The van der Waals surface area contributed by atoms with E-state index in [4.69, 9.17) is 9.72 Å². The minimum Gasteiger partial charge on any atom is -0.467 e. The first-order valence-corrected chi connectivity index (χ1v) is 10.7. The van der Waals surface area contributed by atoms with E-state index in [1.165, 1.54) is 7.11 Å². The van der Waals surface area contributed by atoms with Gasteiger partial charge >= 0.3 is 5.97 Å². The molecule has 1 aliphatic heterocycles. The van der Waals surface area contributed by atoms with Crippen molar-refractivity contribution in [3.8, 4) is 0 Å². The topological polar surface area (TPSA) is 84.7 Å². The van der Waals surface area contributed by atoms with Crippen molar-refractivity contribution in [3.63, 3.8) is 0 Å². The lowest BCUT2D eigenvalue weighted by atomic mass is 10.0. The van der Waals surface area contributed by atoms with Crippen molar-refractivity contribution in [1.82, 2.24) is 19.6 Å². The van der Waals surface area contributed by atoms with Gasteiger partial charge in [0.2, 0.25) is 0 Å². The zero-order chi connectivity index (χ0) is 21.0. The number of hydrogen-bond donors (Lipinski definition) is 1. The molecule has 3 unspecified atom stereocenters. The number of hydrogen-bond acceptors (Lipinski definition) is 7. The Kier molecular flexibility index (Phi) is 4.46. The van der Waals surface area contributed by atoms with Gasteiger partial charge in [-0.25, -0.2) is 9.78 Å². The highest BCUT2D eigenvalue weighted by Gasteiger charge is 2.69. The summed E-state index contributed by atoms with van der Waals surface area (Å²) in [5, 5.41) is 7.87. The number of carbonyl (C=O) groups excluding carboxylic acids is 1. The van der Waals surface area contributed by atoms with E-state index in [2.05, 4.69) is 50.1 Å². The van der Waals surface area contributed by atoms with Crippen LogP contribution in [-0.4, -0.2) is 45.2 Å². The summed E-state index contributed by atoms with van der Waals surface area (Å²) < 4.78 is 7.71. The Balaban J connectivity index is 1.52. The molecule has 1 saturated carbocycles.